The maximum atomic E-state index is 6.20. The van der Waals surface area contributed by atoms with Gasteiger partial charge in [-0.3, -0.25) is 4.68 Å². The number of aromatic amines is 1. The second-order valence-electron chi connectivity index (χ2n) is 9.15. The second-order valence-corrected chi connectivity index (χ2v) is 9.96. The third kappa shape index (κ3) is 4.20. The van der Waals surface area contributed by atoms with Crippen molar-refractivity contribution in [1.82, 2.24) is 29.7 Å². The number of halogens is 2. The molecule has 0 saturated carbocycles. The Bertz CT molecular complexity index is 1240. The molecule has 0 radical (unpaired) electrons. The van der Waals surface area contributed by atoms with Crippen LogP contribution in [0, 0.1) is 5.92 Å². The van der Waals surface area contributed by atoms with Crippen LogP contribution in [0.4, 0.5) is 11.6 Å². The van der Waals surface area contributed by atoms with Crippen LogP contribution in [0.2, 0.25) is 10.0 Å². The summed E-state index contributed by atoms with van der Waals surface area (Å²) in [6.07, 6.45) is 9.94. The largest absolute Gasteiger partial charge is 0.356 e. The van der Waals surface area contributed by atoms with Gasteiger partial charge in [-0.15, -0.1) is 0 Å². The summed E-state index contributed by atoms with van der Waals surface area (Å²) in [5.41, 5.74) is 1.73. The number of hydrogen-bond acceptors (Lipinski definition) is 6. The molecule has 2 saturated heterocycles. The minimum atomic E-state index is 0.132. The van der Waals surface area contributed by atoms with Crippen molar-refractivity contribution in [2.75, 3.05) is 29.4 Å². The molecule has 2 fully saturated rings. The van der Waals surface area contributed by atoms with Crippen LogP contribution in [0.25, 0.3) is 11.0 Å². The van der Waals surface area contributed by atoms with Crippen LogP contribution in [-0.2, 0) is 6.54 Å². The molecule has 4 aromatic rings. The van der Waals surface area contributed by atoms with Gasteiger partial charge in [0.25, 0.3) is 0 Å². The minimum absolute atomic E-state index is 0.132. The molecule has 10 heteroatoms. The Balaban J connectivity index is 1.18. The molecular formula is C24H26Cl2N8. The zero-order chi connectivity index (χ0) is 23.1. The van der Waals surface area contributed by atoms with Crippen molar-refractivity contribution in [2.45, 2.75) is 38.3 Å². The number of nitrogens with zero attached hydrogens (tertiary/aromatic N) is 7. The van der Waals surface area contributed by atoms with E-state index in [9.17, 15) is 0 Å². The fourth-order valence-corrected chi connectivity index (χ4v) is 5.51. The first-order chi connectivity index (χ1) is 16.6. The fourth-order valence-electron chi connectivity index (χ4n) is 5.19. The van der Waals surface area contributed by atoms with Gasteiger partial charge in [0, 0.05) is 44.6 Å². The summed E-state index contributed by atoms with van der Waals surface area (Å²) < 4.78 is 2.04. The van der Waals surface area contributed by atoms with Crippen LogP contribution in [-0.4, -0.2) is 49.4 Å². The summed E-state index contributed by atoms with van der Waals surface area (Å²) in [4.78, 5) is 22.2. The maximum absolute atomic E-state index is 6.20. The van der Waals surface area contributed by atoms with Crippen molar-refractivity contribution in [1.29, 1.82) is 0 Å². The number of aromatic nitrogens is 6. The molecule has 8 nitrogen and oxygen atoms in total. The lowest BCUT2D eigenvalue weighted by atomic mass is 9.97. The molecule has 0 spiro atoms. The summed E-state index contributed by atoms with van der Waals surface area (Å²) in [7, 11) is 0. The third-order valence-electron chi connectivity index (χ3n) is 6.99. The SMILES string of the molecule is Clc1cc2nc([C@@H]3CCCN3c3cc(N4CCC(Cn5cccn5)CC4)ncn3)[nH]c2cc1Cl. The standard InChI is InChI=1S/C24H26Cl2N8/c25-17-11-19-20(12-18(17)26)31-24(30-19)21-3-1-8-34(21)23-13-22(27-15-28-23)32-9-4-16(5-10-32)14-33-7-2-6-29-33/h2,6-7,11-13,15-16,21H,1,3-5,8-10,14H2,(H,30,31)/t21-/m0/s1. The molecule has 0 aliphatic carbocycles. The Morgan fingerprint density at radius 1 is 0.971 bits per heavy atom. The molecule has 5 heterocycles. The summed E-state index contributed by atoms with van der Waals surface area (Å²) in [5, 5.41) is 5.40. The average Bonchev–Trinajstić information content (AvgIpc) is 3.61. The van der Waals surface area contributed by atoms with Gasteiger partial charge in [-0.1, -0.05) is 23.2 Å². The van der Waals surface area contributed by atoms with E-state index in [1.807, 2.05) is 35.3 Å². The quantitative estimate of drug-likeness (QED) is 0.413. The number of rotatable bonds is 5. The van der Waals surface area contributed by atoms with Crippen LogP contribution in [0.3, 0.4) is 0 Å². The highest BCUT2D eigenvalue weighted by atomic mass is 35.5. The van der Waals surface area contributed by atoms with E-state index in [1.165, 1.54) is 0 Å². The van der Waals surface area contributed by atoms with Crippen LogP contribution < -0.4 is 9.80 Å². The average molecular weight is 497 g/mol. The van der Waals surface area contributed by atoms with E-state index in [0.717, 1.165) is 80.4 Å². The number of anilines is 2. The number of piperidine rings is 1. The topological polar surface area (TPSA) is 78.8 Å². The summed E-state index contributed by atoms with van der Waals surface area (Å²) in [6, 6.07) is 7.90. The van der Waals surface area contributed by atoms with Crippen molar-refractivity contribution in [3.05, 3.63) is 58.9 Å². The summed E-state index contributed by atoms with van der Waals surface area (Å²) in [5.74, 6) is 3.51. The maximum Gasteiger partial charge on any atom is 0.134 e. The van der Waals surface area contributed by atoms with Crippen LogP contribution in [0.1, 0.15) is 37.5 Å². The highest BCUT2D eigenvalue weighted by molar-refractivity contribution is 6.42. The van der Waals surface area contributed by atoms with Gasteiger partial charge >= 0.3 is 0 Å². The van der Waals surface area contributed by atoms with Gasteiger partial charge in [-0.05, 0) is 49.8 Å². The fraction of sp³-hybridized carbons (Fsp3) is 0.417. The van der Waals surface area contributed by atoms with Gasteiger partial charge in [0.1, 0.15) is 23.8 Å². The summed E-state index contributed by atoms with van der Waals surface area (Å²) >= 11 is 12.4. The first-order valence-electron chi connectivity index (χ1n) is 11.8. The van der Waals surface area contributed by atoms with E-state index >= 15 is 0 Å². The van der Waals surface area contributed by atoms with E-state index in [0.29, 0.717) is 16.0 Å². The van der Waals surface area contributed by atoms with Crippen molar-refractivity contribution in [3.63, 3.8) is 0 Å². The lowest BCUT2D eigenvalue weighted by molar-refractivity contribution is 0.341. The van der Waals surface area contributed by atoms with Gasteiger partial charge in [0.05, 0.1) is 27.1 Å². The predicted molar refractivity (Wildman–Crippen MR) is 135 cm³/mol. The molecule has 2 aliphatic heterocycles. The molecule has 1 N–H and O–H groups in total. The highest BCUT2D eigenvalue weighted by Gasteiger charge is 2.30. The van der Waals surface area contributed by atoms with E-state index < -0.39 is 0 Å². The van der Waals surface area contributed by atoms with Crippen molar-refractivity contribution >= 4 is 45.9 Å². The Morgan fingerprint density at radius 3 is 2.62 bits per heavy atom. The van der Waals surface area contributed by atoms with Gasteiger partial charge in [-0.2, -0.15) is 5.10 Å². The molecular weight excluding hydrogens is 471 g/mol. The highest BCUT2D eigenvalue weighted by Crippen LogP contribution is 2.37. The molecule has 1 atom stereocenters. The first kappa shape index (κ1) is 21.7. The smallest absolute Gasteiger partial charge is 0.134 e. The van der Waals surface area contributed by atoms with Crippen LogP contribution in [0.15, 0.2) is 43.0 Å². The molecule has 0 amide bonds. The van der Waals surface area contributed by atoms with Crippen molar-refractivity contribution < 1.29 is 0 Å². The number of H-pyrrole nitrogens is 1. The third-order valence-corrected chi connectivity index (χ3v) is 7.71. The molecule has 1 aromatic carbocycles. The Kier molecular flexibility index (Phi) is 5.79. The number of imidazole rings is 1. The molecule has 6 rings (SSSR count). The van der Waals surface area contributed by atoms with Crippen molar-refractivity contribution in [2.24, 2.45) is 5.92 Å². The molecule has 0 bridgehead atoms. The van der Waals surface area contributed by atoms with E-state index in [1.54, 1.807) is 6.33 Å². The van der Waals surface area contributed by atoms with Gasteiger partial charge in [-0.25, -0.2) is 15.0 Å². The monoisotopic (exact) mass is 496 g/mol. The van der Waals surface area contributed by atoms with Gasteiger partial charge < -0.3 is 14.8 Å². The summed E-state index contributed by atoms with van der Waals surface area (Å²) in [6.45, 7) is 3.92. The predicted octanol–water partition coefficient (Wildman–Crippen LogP) is 5.11. The number of nitrogens with one attached hydrogen (secondary N) is 1. The Labute approximate surface area is 207 Å². The Hall–Kier alpha value is -2.84. The second kappa shape index (κ2) is 9.07. The normalized spacial score (nSPS) is 19.4. The molecule has 176 valence electrons. The van der Waals surface area contributed by atoms with Crippen molar-refractivity contribution in [3.8, 4) is 0 Å². The molecule has 34 heavy (non-hydrogen) atoms. The molecule has 3 aromatic heterocycles. The lowest BCUT2D eigenvalue weighted by Crippen LogP contribution is -2.36. The van der Waals surface area contributed by atoms with E-state index in [4.69, 9.17) is 28.2 Å². The lowest BCUT2D eigenvalue weighted by Gasteiger charge is -2.33. The Morgan fingerprint density at radius 2 is 1.79 bits per heavy atom. The first-order valence-corrected chi connectivity index (χ1v) is 12.6. The number of benzene rings is 1. The zero-order valence-corrected chi connectivity index (χ0v) is 20.3. The van der Waals surface area contributed by atoms with E-state index in [-0.39, 0.29) is 6.04 Å². The number of hydrogen-bond donors (Lipinski definition) is 1. The van der Waals surface area contributed by atoms with Gasteiger partial charge in [0.15, 0.2) is 0 Å². The molecule has 2 aliphatic rings. The van der Waals surface area contributed by atoms with Crippen LogP contribution >= 0.6 is 23.2 Å². The van der Waals surface area contributed by atoms with E-state index in [2.05, 4.69) is 35.9 Å². The zero-order valence-electron chi connectivity index (χ0n) is 18.7. The minimum Gasteiger partial charge on any atom is -0.356 e. The van der Waals surface area contributed by atoms with Crippen LogP contribution in [0.5, 0.6) is 0 Å². The van der Waals surface area contributed by atoms with Gasteiger partial charge in [0.2, 0.25) is 0 Å². The number of fused-ring (bicyclic) bond motifs is 1. The molecule has 0 unspecified atom stereocenters.